The molecule has 1 unspecified atom stereocenters. The fourth-order valence-corrected chi connectivity index (χ4v) is 2.87. The molecule has 0 spiro atoms. The van der Waals surface area contributed by atoms with Crippen molar-refractivity contribution >= 4 is 5.91 Å². The zero-order valence-corrected chi connectivity index (χ0v) is 11.8. The van der Waals surface area contributed by atoms with Crippen molar-refractivity contribution in [3.63, 3.8) is 0 Å². The van der Waals surface area contributed by atoms with Gasteiger partial charge in [-0.05, 0) is 48.7 Å². The Morgan fingerprint density at radius 3 is 2.59 bits per heavy atom. The van der Waals surface area contributed by atoms with Crippen LogP contribution in [0.5, 0.6) is 5.75 Å². The number of rotatable bonds is 2. The second-order valence-corrected chi connectivity index (χ2v) is 5.37. The summed E-state index contributed by atoms with van der Waals surface area (Å²) < 4.78 is 27.1. The highest BCUT2D eigenvalue weighted by Gasteiger charge is 2.31. The summed E-state index contributed by atoms with van der Waals surface area (Å²) >= 11 is 0. The Bertz CT molecular complexity index is 700. The van der Waals surface area contributed by atoms with E-state index in [9.17, 15) is 18.7 Å². The van der Waals surface area contributed by atoms with E-state index in [0.717, 1.165) is 36.6 Å². The second kappa shape index (κ2) is 5.75. The van der Waals surface area contributed by atoms with Crippen molar-refractivity contribution in [2.75, 3.05) is 6.54 Å². The lowest BCUT2D eigenvalue weighted by Gasteiger charge is -2.25. The van der Waals surface area contributed by atoms with Gasteiger partial charge in [-0.1, -0.05) is 12.1 Å². The summed E-state index contributed by atoms with van der Waals surface area (Å²) in [5, 5.41) is 9.35. The number of phenolic OH excluding ortho intramolecular Hbond substituents is 1. The predicted octanol–water partition coefficient (Wildman–Crippen LogP) is 3.65. The number of carbonyl (C=O) groups is 1. The zero-order chi connectivity index (χ0) is 15.7. The van der Waals surface area contributed by atoms with Gasteiger partial charge in [0.05, 0.1) is 11.6 Å². The first-order valence-corrected chi connectivity index (χ1v) is 7.11. The molecule has 1 atom stereocenters. The molecule has 114 valence electrons. The summed E-state index contributed by atoms with van der Waals surface area (Å²) in [6, 6.07) is 9.31. The first kappa shape index (κ1) is 14.5. The summed E-state index contributed by atoms with van der Waals surface area (Å²) in [7, 11) is 0. The van der Waals surface area contributed by atoms with Crippen LogP contribution in [-0.4, -0.2) is 22.5 Å². The minimum atomic E-state index is -0.720. The van der Waals surface area contributed by atoms with E-state index in [1.165, 1.54) is 0 Å². The summed E-state index contributed by atoms with van der Waals surface area (Å²) in [5.41, 5.74) is 0.631. The van der Waals surface area contributed by atoms with E-state index < -0.39 is 17.5 Å². The number of hydrogen-bond donors (Lipinski definition) is 1. The molecule has 2 aromatic carbocycles. The van der Waals surface area contributed by atoms with Crippen molar-refractivity contribution in [1.29, 1.82) is 0 Å². The average molecular weight is 303 g/mol. The largest absolute Gasteiger partial charge is 0.508 e. The number of aromatic hydroxyl groups is 1. The minimum Gasteiger partial charge on any atom is -0.508 e. The Balaban J connectivity index is 1.91. The third-order valence-corrected chi connectivity index (χ3v) is 3.95. The molecule has 0 aliphatic carbocycles. The van der Waals surface area contributed by atoms with Gasteiger partial charge in [0.15, 0.2) is 0 Å². The number of phenols is 1. The topological polar surface area (TPSA) is 40.5 Å². The summed E-state index contributed by atoms with van der Waals surface area (Å²) in [5.74, 6) is -1.71. The predicted molar refractivity (Wildman–Crippen MR) is 77.5 cm³/mol. The maximum Gasteiger partial charge on any atom is 0.257 e. The molecule has 22 heavy (non-hydrogen) atoms. The van der Waals surface area contributed by atoms with Gasteiger partial charge in [-0.25, -0.2) is 8.78 Å². The molecule has 3 rings (SSSR count). The second-order valence-electron chi connectivity index (χ2n) is 5.37. The van der Waals surface area contributed by atoms with Crippen molar-refractivity contribution in [2.45, 2.75) is 18.9 Å². The molecule has 1 amide bonds. The van der Waals surface area contributed by atoms with Crippen LogP contribution in [0.3, 0.4) is 0 Å². The van der Waals surface area contributed by atoms with Crippen LogP contribution in [0.25, 0.3) is 0 Å². The fraction of sp³-hybridized carbons (Fsp3) is 0.235. The van der Waals surface area contributed by atoms with Gasteiger partial charge in [0.2, 0.25) is 0 Å². The van der Waals surface area contributed by atoms with Crippen LogP contribution in [0, 0.1) is 11.6 Å². The van der Waals surface area contributed by atoms with Gasteiger partial charge in [0.1, 0.15) is 17.4 Å². The lowest BCUT2D eigenvalue weighted by molar-refractivity contribution is 0.0730. The number of halogens is 2. The number of amides is 1. The molecule has 0 saturated carbocycles. The Kier molecular flexibility index (Phi) is 3.79. The van der Waals surface area contributed by atoms with E-state index in [-0.39, 0.29) is 17.4 Å². The molecule has 1 saturated heterocycles. The third kappa shape index (κ3) is 2.66. The molecule has 1 fully saturated rings. The number of carbonyl (C=O) groups excluding carboxylic acids is 1. The van der Waals surface area contributed by atoms with Crippen molar-refractivity contribution in [2.24, 2.45) is 0 Å². The number of likely N-dealkylation sites (tertiary alicyclic amines) is 1. The smallest absolute Gasteiger partial charge is 0.257 e. The zero-order valence-electron chi connectivity index (χ0n) is 11.8. The van der Waals surface area contributed by atoms with Crippen LogP contribution >= 0.6 is 0 Å². The van der Waals surface area contributed by atoms with E-state index in [1.54, 1.807) is 29.2 Å². The number of nitrogens with zero attached hydrogens (tertiary/aromatic N) is 1. The van der Waals surface area contributed by atoms with Crippen LogP contribution in [0.2, 0.25) is 0 Å². The van der Waals surface area contributed by atoms with Crippen molar-refractivity contribution < 1.29 is 18.7 Å². The maximum atomic E-state index is 13.8. The van der Waals surface area contributed by atoms with Gasteiger partial charge in [-0.15, -0.1) is 0 Å². The van der Waals surface area contributed by atoms with E-state index in [4.69, 9.17) is 0 Å². The summed E-state index contributed by atoms with van der Waals surface area (Å²) in [4.78, 5) is 14.1. The van der Waals surface area contributed by atoms with Gasteiger partial charge in [-0.2, -0.15) is 0 Å². The molecule has 2 aromatic rings. The van der Waals surface area contributed by atoms with Crippen LogP contribution in [0.15, 0.2) is 42.5 Å². The standard InChI is InChI=1S/C17H15F2NO2/c18-12-5-8-15(19)14(10-12)17(22)20-9-1-2-16(20)11-3-6-13(21)7-4-11/h3-8,10,16,21H,1-2,9H2. The number of benzene rings is 2. The van der Waals surface area contributed by atoms with E-state index >= 15 is 0 Å². The van der Waals surface area contributed by atoms with Gasteiger partial charge in [0.25, 0.3) is 5.91 Å². The van der Waals surface area contributed by atoms with Crippen molar-refractivity contribution in [3.8, 4) is 5.75 Å². The highest BCUT2D eigenvalue weighted by Crippen LogP contribution is 2.34. The maximum absolute atomic E-state index is 13.8. The summed E-state index contributed by atoms with van der Waals surface area (Å²) in [6.07, 6.45) is 1.56. The first-order chi connectivity index (χ1) is 10.6. The van der Waals surface area contributed by atoms with Gasteiger partial charge in [0, 0.05) is 6.54 Å². The Hall–Kier alpha value is -2.43. The summed E-state index contributed by atoms with van der Waals surface area (Å²) in [6.45, 7) is 0.500. The quantitative estimate of drug-likeness (QED) is 0.920. The lowest BCUT2D eigenvalue weighted by Crippen LogP contribution is -2.31. The van der Waals surface area contributed by atoms with E-state index in [1.807, 2.05) is 0 Å². The van der Waals surface area contributed by atoms with Crippen molar-refractivity contribution in [3.05, 3.63) is 65.2 Å². The molecule has 5 heteroatoms. The van der Waals surface area contributed by atoms with Gasteiger partial charge < -0.3 is 10.0 Å². The third-order valence-electron chi connectivity index (χ3n) is 3.95. The molecule has 1 N–H and O–H groups in total. The SMILES string of the molecule is O=C(c1cc(F)ccc1F)N1CCCC1c1ccc(O)cc1. The molecule has 0 aromatic heterocycles. The molecule has 0 bridgehead atoms. The Morgan fingerprint density at radius 1 is 1.14 bits per heavy atom. The Labute approximate surface area is 126 Å². The highest BCUT2D eigenvalue weighted by atomic mass is 19.1. The average Bonchev–Trinajstić information content (AvgIpc) is 2.99. The molecule has 1 aliphatic heterocycles. The van der Waals surface area contributed by atoms with Crippen LogP contribution in [0.1, 0.15) is 34.8 Å². The highest BCUT2D eigenvalue weighted by molar-refractivity contribution is 5.95. The van der Waals surface area contributed by atoms with Crippen molar-refractivity contribution in [1.82, 2.24) is 4.90 Å². The van der Waals surface area contributed by atoms with E-state index in [0.29, 0.717) is 6.54 Å². The van der Waals surface area contributed by atoms with Crippen LogP contribution in [-0.2, 0) is 0 Å². The molecule has 1 aliphatic rings. The molecule has 0 radical (unpaired) electrons. The molecule has 1 heterocycles. The van der Waals surface area contributed by atoms with Crippen LogP contribution < -0.4 is 0 Å². The fourth-order valence-electron chi connectivity index (χ4n) is 2.87. The van der Waals surface area contributed by atoms with E-state index in [2.05, 4.69) is 0 Å². The van der Waals surface area contributed by atoms with Gasteiger partial charge in [-0.3, -0.25) is 4.79 Å². The van der Waals surface area contributed by atoms with Crippen LogP contribution in [0.4, 0.5) is 8.78 Å². The minimum absolute atomic E-state index is 0.149. The molecular weight excluding hydrogens is 288 g/mol. The number of hydrogen-bond acceptors (Lipinski definition) is 2. The first-order valence-electron chi connectivity index (χ1n) is 7.11. The van der Waals surface area contributed by atoms with Gasteiger partial charge >= 0.3 is 0 Å². The normalized spacial score (nSPS) is 17.7. The molecule has 3 nitrogen and oxygen atoms in total. The molecular formula is C17H15F2NO2. The Morgan fingerprint density at radius 2 is 1.86 bits per heavy atom. The monoisotopic (exact) mass is 303 g/mol. The lowest BCUT2D eigenvalue weighted by atomic mass is 10.0.